The molecule has 0 saturated heterocycles. The van der Waals surface area contributed by atoms with Gasteiger partial charge in [-0.15, -0.1) is 0 Å². The summed E-state index contributed by atoms with van der Waals surface area (Å²) in [6.07, 6.45) is 0. The minimum atomic E-state index is -0.0808. The van der Waals surface area contributed by atoms with Gasteiger partial charge in [0.05, 0.1) is 13.2 Å². The van der Waals surface area contributed by atoms with E-state index in [9.17, 15) is 4.79 Å². The molecule has 0 aliphatic rings. The number of hydrogen-bond acceptors (Lipinski definition) is 4. The van der Waals surface area contributed by atoms with Crippen molar-refractivity contribution >= 4 is 5.91 Å². The first kappa shape index (κ1) is 18.6. The first-order valence-electron chi connectivity index (χ1n) is 8.43. The van der Waals surface area contributed by atoms with Crippen molar-refractivity contribution in [3.63, 3.8) is 0 Å². The maximum absolute atomic E-state index is 12.2. The molecule has 5 nitrogen and oxygen atoms in total. The molecular formula is C20H25NO4. The van der Waals surface area contributed by atoms with Gasteiger partial charge in [0, 0.05) is 13.6 Å². The van der Waals surface area contributed by atoms with Crippen LogP contribution in [-0.4, -0.2) is 37.7 Å². The van der Waals surface area contributed by atoms with Crippen molar-refractivity contribution in [3.8, 4) is 17.2 Å². The Morgan fingerprint density at radius 3 is 1.72 bits per heavy atom. The average molecular weight is 343 g/mol. The highest BCUT2D eigenvalue weighted by Gasteiger charge is 2.10. The van der Waals surface area contributed by atoms with Crippen LogP contribution in [0.3, 0.4) is 0 Å². The number of benzene rings is 2. The van der Waals surface area contributed by atoms with Crippen molar-refractivity contribution in [1.29, 1.82) is 0 Å². The van der Waals surface area contributed by atoms with E-state index < -0.39 is 0 Å². The van der Waals surface area contributed by atoms with Crippen molar-refractivity contribution in [2.45, 2.75) is 20.4 Å². The topological polar surface area (TPSA) is 48.0 Å². The van der Waals surface area contributed by atoms with Crippen molar-refractivity contribution in [2.24, 2.45) is 0 Å². The van der Waals surface area contributed by atoms with E-state index in [2.05, 4.69) is 0 Å². The van der Waals surface area contributed by atoms with Crippen LogP contribution in [0, 0.1) is 0 Å². The summed E-state index contributed by atoms with van der Waals surface area (Å²) in [5.74, 6) is 2.18. The molecule has 0 unspecified atom stereocenters. The van der Waals surface area contributed by atoms with E-state index >= 15 is 0 Å². The molecule has 25 heavy (non-hydrogen) atoms. The van der Waals surface area contributed by atoms with Crippen molar-refractivity contribution in [1.82, 2.24) is 4.90 Å². The molecule has 0 atom stereocenters. The van der Waals surface area contributed by atoms with Gasteiger partial charge >= 0.3 is 0 Å². The Bertz CT molecular complexity index is 652. The molecule has 1 amide bonds. The van der Waals surface area contributed by atoms with Gasteiger partial charge in [-0.05, 0) is 55.8 Å². The lowest BCUT2D eigenvalue weighted by Gasteiger charge is -2.18. The molecule has 0 spiro atoms. The van der Waals surface area contributed by atoms with Gasteiger partial charge in [-0.2, -0.15) is 0 Å². The van der Waals surface area contributed by atoms with Crippen molar-refractivity contribution in [3.05, 3.63) is 54.1 Å². The maximum atomic E-state index is 12.2. The average Bonchev–Trinajstić information content (AvgIpc) is 2.63. The Kier molecular flexibility index (Phi) is 7.14. The van der Waals surface area contributed by atoms with Gasteiger partial charge < -0.3 is 19.1 Å². The zero-order valence-corrected chi connectivity index (χ0v) is 15.0. The number of rotatable bonds is 9. The first-order chi connectivity index (χ1) is 12.1. The van der Waals surface area contributed by atoms with Gasteiger partial charge in [0.2, 0.25) is 0 Å². The monoisotopic (exact) mass is 343 g/mol. The highest BCUT2D eigenvalue weighted by Crippen LogP contribution is 2.18. The summed E-state index contributed by atoms with van der Waals surface area (Å²) in [5, 5.41) is 0. The zero-order chi connectivity index (χ0) is 18.1. The summed E-state index contributed by atoms with van der Waals surface area (Å²) in [6.45, 7) is 5.67. The van der Waals surface area contributed by atoms with E-state index in [4.69, 9.17) is 14.2 Å². The molecule has 2 aromatic carbocycles. The Balaban J connectivity index is 1.81. The van der Waals surface area contributed by atoms with E-state index in [-0.39, 0.29) is 12.5 Å². The summed E-state index contributed by atoms with van der Waals surface area (Å²) in [7, 11) is 1.76. The molecule has 0 radical (unpaired) electrons. The number of amides is 1. The van der Waals surface area contributed by atoms with Gasteiger partial charge in [0.15, 0.2) is 6.61 Å². The minimum absolute atomic E-state index is 0.00150. The molecule has 134 valence electrons. The van der Waals surface area contributed by atoms with Crippen molar-refractivity contribution in [2.75, 3.05) is 26.9 Å². The second-order valence-electron chi connectivity index (χ2n) is 5.52. The van der Waals surface area contributed by atoms with Crippen LogP contribution >= 0.6 is 0 Å². The Morgan fingerprint density at radius 1 is 0.800 bits per heavy atom. The number of carbonyl (C=O) groups is 1. The predicted molar refractivity (Wildman–Crippen MR) is 97.2 cm³/mol. The summed E-state index contributed by atoms with van der Waals surface area (Å²) in [6, 6.07) is 15.0. The number of likely N-dealkylation sites (N-methyl/N-ethyl adjacent to an activating group) is 1. The molecule has 0 N–H and O–H groups in total. The van der Waals surface area contributed by atoms with Gasteiger partial charge in [-0.1, -0.05) is 12.1 Å². The minimum Gasteiger partial charge on any atom is -0.494 e. The lowest BCUT2D eigenvalue weighted by molar-refractivity contribution is -0.132. The smallest absolute Gasteiger partial charge is 0.260 e. The third kappa shape index (κ3) is 6.03. The molecule has 5 heteroatoms. The SMILES string of the molecule is CCOc1ccc(CN(C)C(=O)COc2ccc(OCC)cc2)cc1. The number of carbonyl (C=O) groups excluding carboxylic acids is 1. The van der Waals surface area contributed by atoms with Crippen LogP contribution < -0.4 is 14.2 Å². The summed E-state index contributed by atoms with van der Waals surface area (Å²) < 4.78 is 16.3. The fourth-order valence-electron chi connectivity index (χ4n) is 2.27. The quantitative estimate of drug-likeness (QED) is 0.699. The van der Waals surface area contributed by atoms with Gasteiger partial charge in [-0.25, -0.2) is 0 Å². The van der Waals surface area contributed by atoms with Crippen LogP contribution in [-0.2, 0) is 11.3 Å². The first-order valence-corrected chi connectivity index (χ1v) is 8.43. The predicted octanol–water partition coefficient (Wildman–Crippen LogP) is 3.52. The van der Waals surface area contributed by atoms with Gasteiger partial charge in [0.25, 0.3) is 5.91 Å². The van der Waals surface area contributed by atoms with Crippen molar-refractivity contribution < 1.29 is 19.0 Å². The highest BCUT2D eigenvalue weighted by molar-refractivity contribution is 5.77. The number of hydrogen-bond donors (Lipinski definition) is 0. The third-order valence-electron chi connectivity index (χ3n) is 3.58. The Labute approximate surface area is 149 Å². The maximum Gasteiger partial charge on any atom is 0.260 e. The standard InChI is InChI=1S/C20H25NO4/c1-4-23-17-8-6-16(7-9-17)14-21(3)20(22)15-25-19-12-10-18(11-13-19)24-5-2/h6-13H,4-5,14-15H2,1-3H3. The van der Waals surface area contributed by atoms with E-state index in [0.29, 0.717) is 25.5 Å². The summed E-state index contributed by atoms with van der Waals surface area (Å²) >= 11 is 0. The van der Waals surface area contributed by atoms with Crippen LogP contribution in [0.15, 0.2) is 48.5 Å². The normalized spacial score (nSPS) is 10.2. The van der Waals surface area contributed by atoms with Crippen LogP contribution in [0.25, 0.3) is 0 Å². The van der Waals surface area contributed by atoms with Gasteiger partial charge in [0.1, 0.15) is 17.2 Å². The second kappa shape index (κ2) is 9.57. The second-order valence-corrected chi connectivity index (χ2v) is 5.52. The number of nitrogens with zero attached hydrogens (tertiary/aromatic N) is 1. The molecule has 0 aliphatic heterocycles. The van der Waals surface area contributed by atoms with Gasteiger partial charge in [-0.3, -0.25) is 4.79 Å². The zero-order valence-electron chi connectivity index (χ0n) is 15.0. The lowest BCUT2D eigenvalue weighted by Crippen LogP contribution is -2.30. The molecule has 0 fully saturated rings. The van der Waals surface area contributed by atoms with E-state index in [0.717, 1.165) is 17.1 Å². The lowest BCUT2D eigenvalue weighted by atomic mass is 10.2. The Morgan fingerprint density at radius 2 is 1.24 bits per heavy atom. The summed E-state index contributed by atoms with van der Waals surface area (Å²) in [5.41, 5.74) is 1.04. The molecule has 0 bridgehead atoms. The van der Waals surface area contributed by atoms with E-state index in [1.54, 1.807) is 24.1 Å². The Hall–Kier alpha value is -2.69. The fourth-order valence-corrected chi connectivity index (χ4v) is 2.27. The highest BCUT2D eigenvalue weighted by atomic mass is 16.5. The molecule has 2 aromatic rings. The van der Waals surface area contributed by atoms with E-state index in [1.165, 1.54) is 0 Å². The molecule has 0 aliphatic carbocycles. The largest absolute Gasteiger partial charge is 0.494 e. The van der Waals surface area contributed by atoms with Crippen LogP contribution in [0.4, 0.5) is 0 Å². The fraction of sp³-hybridized carbons (Fsp3) is 0.350. The summed E-state index contributed by atoms with van der Waals surface area (Å²) in [4.78, 5) is 13.9. The van der Waals surface area contributed by atoms with Crippen LogP contribution in [0.1, 0.15) is 19.4 Å². The molecule has 0 aromatic heterocycles. The van der Waals surface area contributed by atoms with E-state index in [1.807, 2.05) is 50.2 Å². The third-order valence-corrected chi connectivity index (χ3v) is 3.58. The van der Waals surface area contributed by atoms with Crippen LogP contribution in [0.2, 0.25) is 0 Å². The number of ether oxygens (including phenoxy) is 3. The molecule has 0 saturated carbocycles. The molecular weight excluding hydrogens is 318 g/mol. The van der Waals surface area contributed by atoms with Crippen LogP contribution in [0.5, 0.6) is 17.2 Å². The molecule has 0 heterocycles. The molecule has 2 rings (SSSR count).